The Balaban J connectivity index is 2.10. The van der Waals surface area contributed by atoms with Crippen LogP contribution < -0.4 is 9.47 Å². The molecule has 0 aromatic heterocycles. The first-order chi connectivity index (χ1) is 12.0. The van der Waals surface area contributed by atoms with E-state index >= 15 is 0 Å². The standard InChI is InChI=1S/C19H19Cl2NO3/c1-22(12-14-7-9-15(24-2)11-17(14)25-3)18(23)10-8-13-5-4-6-16(20)19(13)21/h4-11H,12H2,1-3H3/b10-8+. The first kappa shape index (κ1) is 19.2. The van der Waals surface area contributed by atoms with Gasteiger partial charge in [0.25, 0.3) is 0 Å². The maximum Gasteiger partial charge on any atom is 0.246 e. The summed E-state index contributed by atoms with van der Waals surface area (Å²) in [4.78, 5) is 13.9. The Morgan fingerprint density at radius 2 is 1.92 bits per heavy atom. The summed E-state index contributed by atoms with van der Waals surface area (Å²) in [5.41, 5.74) is 1.58. The van der Waals surface area contributed by atoms with Crippen LogP contribution in [-0.2, 0) is 11.3 Å². The smallest absolute Gasteiger partial charge is 0.246 e. The summed E-state index contributed by atoms with van der Waals surface area (Å²) in [5.74, 6) is 1.21. The van der Waals surface area contributed by atoms with Gasteiger partial charge in [0.2, 0.25) is 5.91 Å². The molecule has 0 saturated carbocycles. The number of nitrogens with zero attached hydrogens (tertiary/aromatic N) is 1. The van der Waals surface area contributed by atoms with Crippen LogP contribution in [0.1, 0.15) is 11.1 Å². The highest BCUT2D eigenvalue weighted by Gasteiger charge is 2.11. The van der Waals surface area contributed by atoms with Crippen LogP contribution in [0.3, 0.4) is 0 Å². The Morgan fingerprint density at radius 1 is 1.16 bits per heavy atom. The lowest BCUT2D eigenvalue weighted by Crippen LogP contribution is -2.24. The fourth-order valence-electron chi connectivity index (χ4n) is 2.25. The molecule has 4 nitrogen and oxygen atoms in total. The molecule has 1 amide bonds. The predicted molar refractivity (Wildman–Crippen MR) is 102 cm³/mol. The van der Waals surface area contributed by atoms with Crippen LogP contribution in [0.5, 0.6) is 11.5 Å². The van der Waals surface area contributed by atoms with E-state index in [1.165, 1.54) is 6.08 Å². The number of benzene rings is 2. The zero-order chi connectivity index (χ0) is 18.4. The molecule has 6 heteroatoms. The SMILES string of the molecule is COc1ccc(CN(C)C(=O)/C=C/c2cccc(Cl)c2Cl)c(OC)c1. The van der Waals surface area contributed by atoms with Crippen molar-refractivity contribution in [3.63, 3.8) is 0 Å². The molecule has 0 aliphatic heterocycles. The van der Waals surface area contributed by atoms with Gasteiger partial charge in [0.1, 0.15) is 11.5 Å². The summed E-state index contributed by atoms with van der Waals surface area (Å²) >= 11 is 12.1. The van der Waals surface area contributed by atoms with Crippen LogP contribution >= 0.6 is 23.2 Å². The number of methoxy groups -OCH3 is 2. The molecule has 0 N–H and O–H groups in total. The molecule has 0 bridgehead atoms. The molecule has 132 valence electrons. The van der Waals surface area contributed by atoms with E-state index in [0.29, 0.717) is 33.7 Å². The summed E-state index contributed by atoms with van der Waals surface area (Å²) in [6.07, 6.45) is 3.12. The molecule has 0 radical (unpaired) electrons. The van der Waals surface area contributed by atoms with Crippen LogP contribution in [0.25, 0.3) is 6.08 Å². The third-order valence-electron chi connectivity index (χ3n) is 3.66. The zero-order valence-corrected chi connectivity index (χ0v) is 15.8. The van der Waals surface area contributed by atoms with Gasteiger partial charge < -0.3 is 14.4 Å². The molecule has 2 rings (SSSR count). The number of hydrogen-bond donors (Lipinski definition) is 0. The van der Waals surface area contributed by atoms with Crippen molar-refractivity contribution < 1.29 is 14.3 Å². The predicted octanol–water partition coefficient (Wildman–Crippen LogP) is 4.68. The van der Waals surface area contributed by atoms with Gasteiger partial charge in [-0.2, -0.15) is 0 Å². The van der Waals surface area contributed by atoms with Crippen molar-refractivity contribution in [2.24, 2.45) is 0 Å². The number of amides is 1. The van der Waals surface area contributed by atoms with E-state index in [0.717, 1.165) is 5.56 Å². The number of halogens is 2. The number of hydrogen-bond acceptors (Lipinski definition) is 3. The number of likely N-dealkylation sites (N-methyl/N-ethyl adjacent to an activating group) is 1. The molecule has 2 aromatic carbocycles. The average Bonchev–Trinajstić information content (AvgIpc) is 2.62. The minimum Gasteiger partial charge on any atom is -0.497 e. The second kappa shape index (κ2) is 8.79. The fraction of sp³-hybridized carbons (Fsp3) is 0.211. The molecule has 0 fully saturated rings. The van der Waals surface area contributed by atoms with Gasteiger partial charge in [-0.25, -0.2) is 0 Å². The van der Waals surface area contributed by atoms with Gasteiger partial charge in [0, 0.05) is 31.3 Å². The Hall–Kier alpha value is -2.17. The van der Waals surface area contributed by atoms with Crippen LogP contribution in [0.2, 0.25) is 10.0 Å². The molecule has 25 heavy (non-hydrogen) atoms. The van der Waals surface area contributed by atoms with Crippen LogP contribution in [-0.4, -0.2) is 32.1 Å². The molecule has 0 aliphatic carbocycles. The van der Waals surface area contributed by atoms with Crippen molar-refractivity contribution in [2.45, 2.75) is 6.54 Å². The summed E-state index contributed by atoms with van der Waals surface area (Å²) in [5, 5.41) is 0.875. The van der Waals surface area contributed by atoms with Gasteiger partial charge in [-0.1, -0.05) is 35.3 Å². The van der Waals surface area contributed by atoms with Crippen molar-refractivity contribution in [3.8, 4) is 11.5 Å². The van der Waals surface area contributed by atoms with Gasteiger partial charge in [-0.3, -0.25) is 4.79 Å². The van der Waals surface area contributed by atoms with Crippen LogP contribution in [0.4, 0.5) is 0 Å². The van der Waals surface area contributed by atoms with Crippen molar-refractivity contribution in [2.75, 3.05) is 21.3 Å². The monoisotopic (exact) mass is 379 g/mol. The Morgan fingerprint density at radius 3 is 2.60 bits per heavy atom. The quantitative estimate of drug-likeness (QED) is 0.683. The molecule has 0 saturated heterocycles. The maximum atomic E-state index is 12.3. The normalized spacial score (nSPS) is 10.8. The van der Waals surface area contributed by atoms with E-state index in [2.05, 4.69) is 0 Å². The number of rotatable bonds is 6. The minimum atomic E-state index is -0.158. The second-order valence-corrected chi connectivity index (χ2v) is 6.13. The van der Waals surface area contributed by atoms with Gasteiger partial charge in [-0.05, 0) is 29.8 Å². The first-order valence-electron chi connectivity index (χ1n) is 7.54. The first-order valence-corrected chi connectivity index (χ1v) is 8.30. The second-order valence-electron chi connectivity index (χ2n) is 5.35. The lowest BCUT2D eigenvalue weighted by Gasteiger charge is -2.18. The van der Waals surface area contributed by atoms with Crippen LogP contribution in [0.15, 0.2) is 42.5 Å². The minimum absolute atomic E-state index is 0.158. The fourth-order valence-corrected chi connectivity index (χ4v) is 2.62. The van der Waals surface area contributed by atoms with Gasteiger partial charge in [0.15, 0.2) is 0 Å². The summed E-state index contributed by atoms with van der Waals surface area (Å²) in [6, 6.07) is 10.8. The van der Waals surface area contributed by atoms with Crippen LogP contribution in [0, 0.1) is 0 Å². The number of carbonyl (C=O) groups excluding carboxylic acids is 1. The van der Waals surface area contributed by atoms with E-state index in [4.69, 9.17) is 32.7 Å². The van der Waals surface area contributed by atoms with E-state index in [9.17, 15) is 4.79 Å². The maximum absolute atomic E-state index is 12.3. The largest absolute Gasteiger partial charge is 0.497 e. The van der Waals surface area contributed by atoms with Crippen molar-refractivity contribution in [1.29, 1.82) is 0 Å². The van der Waals surface area contributed by atoms with E-state index in [-0.39, 0.29) is 5.91 Å². The molecule has 2 aromatic rings. The van der Waals surface area contributed by atoms with Gasteiger partial charge in [0.05, 0.1) is 24.3 Å². The van der Waals surface area contributed by atoms with Gasteiger partial charge >= 0.3 is 0 Å². The molecular formula is C19H19Cl2NO3. The third-order valence-corrected chi connectivity index (χ3v) is 4.50. The Kier molecular flexibility index (Phi) is 6.73. The van der Waals surface area contributed by atoms with Crippen molar-refractivity contribution in [3.05, 3.63) is 63.6 Å². The van der Waals surface area contributed by atoms with Gasteiger partial charge in [-0.15, -0.1) is 0 Å². The summed E-state index contributed by atoms with van der Waals surface area (Å²) < 4.78 is 10.5. The van der Waals surface area contributed by atoms with E-state index in [1.54, 1.807) is 56.5 Å². The lowest BCUT2D eigenvalue weighted by atomic mass is 10.1. The molecule has 0 atom stereocenters. The molecule has 0 spiro atoms. The Bertz CT molecular complexity index is 790. The third kappa shape index (κ3) is 4.91. The van der Waals surface area contributed by atoms with Crippen molar-refractivity contribution >= 4 is 35.2 Å². The highest BCUT2D eigenvalue weighted by Crippen LogP contribution is 2.27. The number of ether oxygens (including phenoxy) is 2. The van der Waals surface area contributed by atoms with E-state index < -0.39 is 0 Å². The Labute approximate surface area is 157 Å². The molecule has 0 heterocycles. The average molecular weight is 380 g/mol. The topological polar surface area (TPSA) is 38.8 Å². The lowest BCUT2D eigenvalue weighted by molar-refractivity contribution is -0.125. The molecule has 0 unspecified atom stereocenters. The summed E-state index contributed by atoms with van der Waals surface area (Å²) in [7, 11) is 4.90. The van der Waals surface area contributed by atoms with Crippen molar-refractivity contribution in [1.82, 2.24) is 4.90 Å². The zero-order valence-electron chi connectivity index (χ0n) is 14.3. The highest BCUT2D eigenvalue weighted by atomic mass is 35.5. The highest BCUT2D eigenvalue weighted by molar-refractivity contribution is 6.42. The van der Waals surface area contributed by atoms with E-state index in [1.807, 2.05) is 12.1 Å². The molecule has 0 aliphatic rings. The summed E-state index contributed by atoms with van der Waals surface area (Å²) in [6.45, 7) is 0.402. The number of carbonyl (C=O) groups is 1. The molecular weight excluding hydrogens is 361 g/mol.